The second-order valence-corrected chi connectivity index (χ2v) is 5.47. The molecule has 4 heteroatoms. The topological polar surface area (TPSA) is 39.1 Å². The Morgan fingerprint density at radius 2 is 2.26 bits per heavy atom. The average molecular weight is 265 g/mol. The molecule has 0 bridgehead atoms. The van der Waals surface area contributed by atoms with E-state index in [1.165, 1.54) is 25.1 Å². The lowest BCUT2D eigenvalue weighted by Crippen LogP contribution is -2.34. The van der Waals surface area contributed by atoms with Crippen molar-refractivity contribution in [2.45, 2.75) is 58.2 Å². The largest absolute Gasteiger partial charge is 0.378 e. The highest BCUT2D eigenvalue weighted by molar-refractivity contribution is 5.01. The van der Waals surface area contributed by atoms with E-state index in [2.05, 4.69) is 34.9 Å². The highest BCUT2D eigenvalue weighted by Gasteiger charge is 2.32. The monoisotopic (exact) mass is 265 g/mol. The van der Waals surface area contributed by atoms with Gasteiger partial charge in [0.2, 0.25) is 0 Å². The molecule has 1 fully saturated rings. The lowest BCUT2D eigenvalue weighted by molar-refractivity contribution is -0.0292. The number of nitrogens with one attached hydrogen (secondary N) is 1. The number of hydrogen-bond donors (Lipinski definition) is 1. The second kappa shape index (κ2) is 7.06. The van der Waals surface area contributed by atoms with E-state index in [-0.39, 0.29) is 0 Å². The fraction of sp³-hybridized carbons (Fsp3) is 0.800. The fourth-order valence-electron chi connectivity index (χ4n) is 2.99. The Morgan fingerprint density at radius 3 is 2.89 bits per heavy atom. The van der Waals surface area contributed by atoms with E-state index in [0.29, 0.717) is 12.1 Å². The molecule has 1 N–H and O–H groups in total. The SMILES string of the molecule is CCCn1ccnc1C(CC1CC(OCC)C1)NC. The molecule has 1 heterocycles. The van der Waals surface area contributed by atoms with Crippen LogP contribution in [0.15, 0.2) is 12.4 Å². The Hall–Kier alpha value is -0.870. The van der Waals surface area contributed by atoms with Gasteiger partial charge in [0.15, 0.2) is 0 Å². The number of aryl methyl sites for hydroxylation is 1. The van der Waals surface area contributed by atoms with E-state index in [1.807, 2.05) is 13.2 Å². The van der Waals surface area contributed by atoms with Crippen molar-refractivity contribution in [1.29, 1.82) is 0 Å². The summed E-state index contributed by atoms with van der Waals surface area (Å²) in [5.74, 6) is 1.96. The molecule has 1 saturated carbocycles. The molecule has 19 heavy (non-hydrogen) atoms. The smallest absolute Gasteiger partial charge is 0.125 e. The lowest BCUT2D eigenvalue weighted by Gasteiger charge is -2.36. The number of nitrogens with zero attached hydrogens (tertiary/aromatic N) is 2. The quantitative estimate of drug-likeness (QED) is 0.785. The zero-order chi connectivity index (χ0) is 13.7. The van der Waals surface area contributed by atoms with E-state index >= 15 is 0 Å². The van der Waals surface area contributed by atoms with Crippen LogP contribution in [-0.4, -0.2) is 29.3 Å². The molecule has 1 aromatic rings. The van der Waals surface area contributed by atoms with E-state index in [1.54, 1.807) is 0 Å². The van der Waals surface area contributed by atoms with Crippen LogP contribution in [0.1, 0.15) is 51.4 Å². The summed E-state index contributed by atoms with van der Waals surface area (Å²) in [6.45, 7) is 6.18. The molecule has 1 aromatic heterocycles. The van der Waals surface area contributed by atoms with Gasteiger partial charge in [-0.25, -0.2) is 4.98 Å². The lowest BCUT2D eigenvalue weighted by atomic mass is 9.78. The summed E-state index contributed by atoms with van der Waals surface area (Å²) in [5, 5.41) is 3.43. The Balaban J connectivity index is 1.88. The minimum absolute atomic E-state index is 0.370. The summed E-state index contributed by atoms with van der Waals surface area (Å²) in [7, 11) is 2.04. The molecule has 0 aromatic carbocycles. The van der Waals surface area contributed by atoms with E-state index < -0.39 is 0 Å². The van der Waals surface area contributed by atoms with Gasteiger partial charge in [0.1, 0.15) is 5.82 Å². The van der Waals surface area contributed by atoms with Gasteiger partial charge < -0.3 is 14.6 Å². The van der Waals surface area contributed by atoms with Crippen LogP contribution in [0.4, 0.5) is 0 Å². The number of hydrogen-bond acceptors (Lipinski definition) is 3. The van der Waals surface area contributed by atoms with Crippen molar-refractivity contribution in [3.63, 3.8) is 0 Å². The minimum Gasteiger partial charge on any atom is -0.378 e. The normalized spacial score (nSPS) is 24.2. The number of aromatic nitrogens is 2. The van der Waals surface area contributed by atoms with E-state index in [0.717, 1.165) is 25.5 Å². The zero-order valence-corrected chi connectivity index (χ0v) is 12.4. The van der Waals surface area contributed by atoms with Crippen LogP contribution in [0.25, 0.3) is 0 Å². The van der Waals surface area contributed by atoms with Crippen molar-refractivity contribution >= 4 is 0 Å². The van der Waals surface area contributed by atoms with Crippen molar-refractivity contribution in [3.8, 4) is 0 Å². The van der Waals surface area contributed by atoms with Crippen LogP contribution in [0.5, 0.6) is 0 Å². The van der Waals surface area contributed by atoms with Crippen LogP contribution >= 0.6 is 0 Å². The van der Waals surface area contributed by atoms with Gasteiger partial charge in [-0.2, -0.15) is 0 Å². The summed E-state index contributed by atoms with van der Waals surface area (Å²) in [4.78, 5) is 4.54. The molecular formula is C15H27N3O. The third-order valence-electron chi connectivity index (χ3n) is 4.04. The van der Waals surface area contributed by atoms with Crippen molar-refractivity contribution in [1.82, 2.24) is 14.9 Å². The molecule has 0 saturated heterocycles. The molecule has 1 aliphatic rings. The molecule has 4 nitrogen and oxygen atoms in total. The standard InChI is InChI=1S/C15H27N3O/c1-4-7-18-8-6-17-15(18)14(16-3)11-12-9-13(10-12)19-5-2/h6,8,12-14,16H,4-5,7,9-11H2,1-3H3. The third-order valence-corrected chi connectivity index (χ3v) is 4.04. The first-order valence-electron chi connectivity index (χ1n) is 7.58. The maximum atomic E-state index is 5.64. The molecule has 0 spiro atoms. The molecule has 108 valence electrons. The molecule has 1 aliphatic carbocycles. The van der Waals surface area contributed by atoms with Crippen LogP contribution in [0.2, 0.25) is 0 Å². The van der Waals surface area contributed by atoms with E-state index in [4.69, 9.17) is 4.74 Å². The maximum Gasteiger partial charge on any atom is 0.125 e. The Labute approximate surface area is 116 Å². The van der Waals surface area contributed by atoms with Gasteiger partial charge in [0.25, 0.3) is 0 Å². The van der Waals surface area contributed by atoms with Gasteiger partial charge >= 0.3 is 0 Å². The maximum absolute atomic E-state index is 5.64. The van der Waals surface area contributed by atoms with Crippen molar-refractivity contribution in [2.24, 2.45) is 5.92 Å². The first-order chi connectivity index (χ1) is 9.28. The predicted molar refractivity (Wildman–Crippen MR) is 77.1 cm³/mol. The molecule has 1 unspecified atom stereocenters. The van der Waals surface area contributed by atoms with Gasteiger partial charge in [0, 0.05) is 25.5 Å². The van der Waals surface area contributed by atoms with Gasteiger partial charge in [-0.3, -0.25) is 0 Å². The Kier molecular flexibility index (Phi) is 5.40. The van der Waals surface area contributed by atoms with Crippen LogP contribution in [-0.2, 0) is 11.3 Å². The molecular weight excluding hydrogens is 238 g/mol. The summed E-state index contributed by atoms with van der Waals surface area (Å²) in [6.07, 6.45) is 9.24. The number of ether oxygens (including phenoxy) is 1. The molecule has 0 aliphatic heterocycles. The van der Waals surface area contributed by atoms with Gasteiger partial charge in [-0.15, -0.1) is 0 Å². The van der Waals surface area contributed by atoms with Crippen molar-refractivity contribution < 1.29 is 4.74 Å². The van der Waals surface area contributed by atoms with Crippen LogP contribution < -0.4 is 5.32 Å². The molecule has 0 radical (unpaired) electrons. The van der Waals surface area contributed by atoms with E-state index in [9.17, 15) is 0 Å². The van der Waals surface area contributed by atoms with Crippen molar-refractivity contribution in [2.75, 3.05) is 13.7 Å². The third kappa shape index (κ3) is 3.57. The highest BCUT2D eigenvalue weighted by Crippen LogP contribution is 2.36. The van der Waals surface area contributed by atoms with Gasteiger partial charge in [0.05, 0.1) is 12.1 Å². The Bertz CT molecular complexity index is 371. The summed E-state index contributed by atoms with van der Waals surface area (Å²) in [5.41, 5.74) is 0. The molecule has 1 atom stereocenters. The van der Waals surface area contributed by atoms with Gasteiger partial charge in [-0.05, 0) is 45.6 Å². The number of rotatable bonds is 8. The first kappa shape index (κ1) is 14.5. The summed E-state index contributed by atoms with van der Waals surface area (Å²) < 4.78 is 7.91. The predicted octanol–water partition coefficient (Wildman–Crippen LogP) is 2.76. The van der Waals surface area contributed by atoms with Crippen LogP contribution in [0.3, 0.4) is 0 Å². The zero-order valence-electron chi connectivity index (χ0n) is 12.4. The fourth-order valence-corrected chi connectivity index (χ4v) is 2.99. The van der Waals surface area contributed by atoms with Gasteiger partial charge in [-0.1, -0.05) is 6.92 Å². The van der Waals surface area contributed by atoms with Crippen LogP contribution in [0, 0.1) is 5.92 Å². The Morgan fingerprint density at radius 1 is 1.47 bits per heavy atom. The molecule has 2 rings (SSSR count). The minimum atomic E-state index is 0.370. The average Bonchev–Trinajstić information content (AvgIpc) is 2.81. The van der Waals surface area contributed by atoms with Crippen molar-refractivity contribution in [3.05, 3.63) is 18.2 Å². The first-order valence-corrected chi connectivity index (χ1v) is 7.58. The number of imidazole rings is 1. The summed E-state index contributed by atoms with van der Waals surface area (Å²) >= 11 is 0. The molecule has 0 amide bonds. The summed E-state index contributed by atoms with van der Waals surface area (Å²) in [6, 6.07) is 0.370. The highest BCUT2D eigenvalue weighted by atomic mass is 16.5. The second-order valence-electron chi connectivity index (χ2n) is 5.47.